The molecule has 3 rings (SSSR count). The highest BCUT2D eigenvalue weighted by molar-refractivity contribution is 8.00. The first-order valence-corrected chi connectivity index (χ1v) is 10.2. The van der Waals surface area contributed by atoms with E-state index < -0.39 is 12.1 Å². The summed E-state index contributed by atoms with van der Waals surface area (Å²) in [6, 6.07) is 15.2. The first kappa shape index (κ1) is 20.2. The fraction of sp³-hybridized carbons (Fsp3) is 0.333. The van der Waals surface area contributed by atoms with Crippen molar-refractivity contribution in [3.8, 4) is 5.75 Å². The van der Waals surface area contributed by atoms with Crippen LogP contribution in [0.3, 0.4) is 0 Å². The van der Waals surface area contributed by atoms with E-state index in [1.165, 1.54) is 0 Å². The van der Waals surface area contributed by atoms with Gasteiger partial charge >= 0.3 is 5.97 Å². The Balaban J connectivity index is 1.54. The van der Waals surface area contributed by atoms with Crippen molar-refractivity contribution < 1.29 is 24.2 Å². The SMILES string of the molecule is CCOC(Cc1ccc(OCCN2C(=O)CSc3ccccc32)cc1)C(=O)O. The van der Waals surface area contributed by atoms with Crippen LogP contribution in [0.1, 0.15) is 12.5 Å². The number of hydrogen-bond donors (Lipinski definition) is 1. The molecule has 7 heteroatoms. The van der Waals surface area contributed by atoms with Gasteiger partial charge in [-0.1, -0.05) is 24.3 Å². The molecular formula is C21H23NO5S. The number of nitrogens with zero attached hydrogens (tertiary/aromatic N) is 1. The standard InChI is InChI=1S/C21H23NO5S/c1-2-26-18(21(24)25)13-15-7-9-16(10-8-15)27-12-11-22-17-5-3-4-6-19(17)28-14-20(22)23/h3-10,18H,2,11-14H2,1H3,(H,24,25). The molecule has 1 amide bonds. The van der Waals surface area contributed by atoms with Gasteiger partial charge in [0.05, 0.1) is 18.0 Å². The number of carboxylic acids is 1. The quantitative estimate of drug-likeness (QED) is 0.695. The van der Waals surface area contributed by atoms with Crippen molar-refractivity contribution in [2.24, 2.45) is 0 Å². The van der Waals surface area contributed by atoms with Gasteiger partial charge in [0.25, 0.3) is 0 Å². The van der Waals surface area contributed by atoms with Crippen molar-refractivity contribution >= 4 is 29.3 Å². The van der Waals surface area contributed by atoms with Crippen molar-refractivity contribution in [3.05, 3.63) is 54.1 Å². The molecule has 0 aliphatic carbocycles. The highest BCUT2D eigenvalue weighted by Crippen LogP contribution is 2.34. The van der Waals surface area contributed by atoms with E-state index in [9.17, 15) is 9.59 Å². The van der Waals surface area contributed by atoms with Crippen molar-refractivity contribution in [2.45, 2.75) is 24.3 Å². The molecule has 0 saturated heterocycles. The number of hydrogen-bond acceptors (Lipinski definition) is 5. The minimum atomic E-state index is -0.966. The Bertz CT molecular complexity index is 824. The lowest BCUT2D eigenvalue weighted by Gasteiger charge is -2.28. The van der Waals surface area contributed by atoms with Gasteiger partial charge in [-0.2, -0.15) is 0 Å². The molecule has 1 atom stereocenters. The number of thioether (sulfide) groups is 1. The molecule has 0 spiro atoms. The second-order valence-electron chi connectivity index (χ2n) is 6.28. The second-order valence-corrected chi connectivity index (χ2v) is 7.30. The lowest BCUT2D eigenvalue weighted by atomic mass is 10.1. The highest BCUT2D eigenvalue weighted by Gasteiger charge is 2.24. The van der Waals surface area contributed by atoms with E-state index in [4.69, 9.17) is 14.6 Å². The van der Waals surface area contributed by atoms with Crippen LogP contribution >= 0.6 is 11.8 Å². The largest absolute Gasteiger partial charge is 0.492 e. The fourth-order valence-corrected chi connectivity index (χ4v) is 3.94. The van der Waals surface area contributed by atoms with E-state index in [0.29, 0.717) is 37.7 Å². The Morgan fingerprint density at radius 3 is 2.68 bits per heavy atom. The number of fused-ring (bicyclic) bond motifs is 1. The highest BCUT2D eigenvalue weighted by atomic mass is 32.2. The summed E-state index contributed by atoms with van der Waals surface area (Å²) in [6.45, 7) is 2.98. The zero-order valence-corrected chi connectivity index (χ0v) is 16.5. The normalized spacial score (nSPS) is 14.5. The zero-order chi connectivity index (χ0) is 19.9. The zero-order valence-electron chi connectivity index (χ0n) is 15.7. The summed E-state index contributed by atoms with van der Waals surface area (Å²) >= 11 is 1.56. The van der Waals surface area contributed by atoms with Gasteiger partial charge in [0, 0.05) is 17.9 Å². The van der Waals surface area contributed by atoms with Crippen LogP contribution in [-0.2, 0) is 20.7 Å². The molecule has 1 aliphatic rings. The smallest absolute Gasteiger partial charge is 0.333 e. The van der Waals surface area contributed by atoms with Gasteiger partial charge in [0.1, 0.15) is 12.4 Å². The Labute approximate surface area is 168 Å². The minimum Gasteiger partial charge on any atom is -0.492 e. The van der Waals surface area contributed by atoms with E-state index in [2.05, 4.69) is 0 Å². The molecule has 0 radical (unpaired) electrons. The van der Waals surface area contributed by atoms with Gasteiger partial charge in [-0.05, 0) is 36.8 Å². The molecule has 148 valence electrons. The van der Waals surface area contributed by atoms with Crippen LogP contribution < -0.4 is 9.64 Å². The monoisotopic (exact) mass is 401 g/mol. The van der Waals surface area contributed by atoms with Crippen LogP contribution in [0, 0.1) is 0 Å². The lowest BCUT2D eigenvalue weighted by Crippen LogP contribution is -2.38. The summed E-state index contributed by atoms with van der Waals surface area (Å²) < 4.78 is 11.0. The second kappa shape index (κ2) is 9.61. The van der Waals surface area contributed by atoms with Crippen LogP contribution in [-0.4, -0.2) is 48.6 Å². The summed E-state index contributed by atoms with van der Waals surface area (Å²) in [4.78, 5) is 26.3. The van der Waals surface area contributed by atoms with Gasteiger partial charge in [0.15, 0.2) is 6.10 Å². The molecule has 0 fully saturated rings. The minimum absolute atomic E-state index is 0.0817. The summed E-state index contributed by atoms with van der Waals surface area (Å²) in [5.74, 6) is 0.236. The van der Waals surface area contributed by atoms with Gasteiger partial charge < -0.3 is 19.5 Å². The number of benzene rings is 2. The van der Waals surface area contributed by atoms with Gasteiger partial charge in [-0.15, -0.1) is 11.8 Å². The maximum absolute atomic E-state index is 12.2. The molecule has 28 heavy (non-hydrogen) atoms. The van der Waals surface area contributed by atoms with E-state index in [0.717, 1.165) is 16.1 Å². The number of rotatable bonds is 9. The van der Waals surface area contributed by atoms with Crippen molar-refractivity contribution in [2.75, 3.05) is 30.4 Å². The maximum atomic E-state index is 12.2. The number of carbonyl (C=O) groups is 2. The van der Waals surface area contributed by atoms with Crippen LogP contribution in [0.15, 0.2) is 53.4 Å². The predicted molar refractivity (Wildman–Crippen MR) is 108 cm³/mol. The van der Waals surface area contributed by atoms with Gasteiger partial charge in [-0.25, -0.2) is 4.79 Å². The molecular weight excluding hydrogens is 378 g/mol. The average molecular weight is 401 g/mol. The van der Waals surface area contributed by atoms with Crippen LogP contribution in [0.2, 0.25) is 0 Å². The molecule has 1 heterocycles. The van der Waals surface area contributed by atoms with Gasteiger partial charge in [0.2, 0.25) is 5.91 Å². The molecule has 2 aromatic carbocycles. The Hall–Kier alpha value is -2.51. The summed E-state index contributed by atoms with van der Waals surface area (Å²) in [6.07, 6.45) is -0.542. The third-order valence-corrected chi connectivity index (χ3v) is 5.43. The van der Waals surface area contributed by atoms with Crippen LogP contribution in [0.5, 0.6) is 5.75 Å². The molecule has 6 nitrogen and oxygen atoms in total. The Kier molecular flexibility index (Phi) is 6.95. The molecule has 0 bridgehead atoms. The molecule has 2 aromatic rings. The number of amides is 1. The van der Waals surface area contributed by atoms with E-state index >= 15 is 0 Å². The van der Waals surface area contributed by atoms with Crippen molar-refractivity contribution in [3.63, 3.8) is 0 Å². The molecule has 0 aromatic heterocycles. The number of aliphatic carboxylic acids is 1. The molecule has 1 aliphatic heterocycles. The number of para-hydroxylation sites is 1. The van der Waals surface area contributed by atoms with Crippen LogP contribution in [0.25, 0.3) is 0 Å². The van der Waals surface area contributed by atoms with Gasteiger partial charge in [-0.3, -0.25) is 4.79 Å². The number of carboxylic acid groups (broad SMARTS) is 1. The molecule has 1 unspecified atom stereocenters. The fourth-order valence-electron chi connectivity index (χ4n) is 3.01. The van der Waals surface area contributed by atoms with Crippen LogP contribution in [0.4, 0.5) is 5.69 Å². The number of carbonyl (C=O) groups excluding carboxylic acids is 1. The van der Waals surface area contributed by atoms with E-state index in [-0.39, 0.29) is 5.91 Å². The third-order valence-electron chi connectivity index (χ3n) is 4.38. The summed E-state index contributed by atoms with van der Waals surface area (Å²) in [7, 11) is 0. The number of anilines is 1. The topological polar surface area (TPSA) is 76.1 Å². The average Bonchev–Trinajstić information content (AvgIpc) is 2.70. The molecule has 0 saturated carbocycles. The Morgan fingerprint density at radius 2 is 1.96 bits per heavy atom. The first-order chi connectivity index (χ1) is 13.6. The van der Waals surface area contributed by atoms with E-state index in [1.807, 2.05) is 48.5 Å². The lowest BCUT2D eigenvalue weighted by molar-refractivity contribution is -0.149. The predicted octanol–water partition coefficient (Wildman–Crippen LogP) is 3.24. The summed E-state index contributed by atoms with van der Waals surface area (Å²) in [5.41, 5.74) is 1.80. The van der Waals surface area contributed by atoms with Crippen molar-refractivity contribution in [1.82, 2.24) is 0 Å². The first-order valence-electron chi connectivity index (χ1n) is 9.17. The third kappa shape index (κ3) is 5.05. The summed E-state index contributed by atoms with van der Waals surface area (Å²) in [5, 5.41) is 9.17. The number of ether oxygens (including phenoxy) is 2. The molecule has 1 N–H and O–H groups in total. The van der Waals surface area contributed by atoms with Crippen molar-refractivity contribution in [1.29, 1.82) is 0 Å². The maximum Gasteiger partial charge on any atom is 0.333 e. The Morgan fingerprint density at radius 1 is 1.21 bits per heavy atom. The van der Waals surface area contributed by atoms with E-state index in [1.54, 1.807) is 23.6 Å².